The number of fused-ring (bicyclic) bond motifs is 1. The summed E-state index contributed by atoms with van der Waals surface area (Å²) in [6.07, 6.45) is 0. The first-order valence-corrected chi connectivity index (χ1v) is 7.55. The van der Waals surface area contributed by atoms with Gasteiger partial charge in [0.05, 0.1) is 10.5 Å². The van der Waals surface area contributed by atoms with E-state index in [0.29, 0.717) is 36.9 Å². The van der Waals surface area contributed by atoms with Gasteiger partial charge in [0, 0.05) is 21.0 Å². The van der Waals surface area contributed by atoms with E-state index in [-0.39, 0.29) is 0 Å². The van der Waals surface area contributed by atoms with E-state index in [1.807, 2.05) is 19.1 Å². The summed E-state index contributed by atoms with van der Waals surface area (Å²) < 4.78 is 0. The van der Waals surface area contributed by atoms with E-state index in [1.165, 1.54) is 0 Å². The Morgan fingerprint density at radius 3 is 2.24 bits per heavy atom. The largest absolute Gasteiger partial charge is 0.226 e. The molecule has 1 aromatic heterocycles. The quantitative estimate of drug-likeness (QED) is 0.483. The van der Waals surface area contributed by atoms with Crippen LogP contribution in [0.1, 0.15) is 5.56 Å². The van der Waals surface area contributed by atoms with Gasteiger partial charge in [0.25, 0.3) is 0 Å². The van der Waals surface area contributed by atoms with Gasteiger partial charge in [-0.1, -0.05) is 46.4 Å². The molecule has 0 aliphatic rings. The van der Waals surface area contributed by atoms with Crippen LogP contribution in [0.4, 0.5) is 0 Å². The Morgan fingerprint density at radius 2 is 1.52 bits per heavy atom. The summed E-state index contributed by atoms with van der Waals surface area (Å²) in [6.45, 7) is 1.95. The summed E-state index contributed by atoms with van der Waals surface area (Å²) in [7, 11) is 0. The minimum absolute atomic E-state index is 0.303. The Kier molecular flexibility index (Phi) is 3.98. The van der Waals surface area contributed by atoms with Crippen LogP contribution in [-0.4, -0.2) is 9.97 Å². The van der Waals surface area contributed by atoms with E-state index in [1.54, 1.807) is 18.2 Å². The summed E-state index contributed by atoms with van der Waals surface area (Å²) >= 11 is 24.5. The third-order valence-corrected chi connectivity index (χ3v) is 3.99. The van der Waals surface area contributed by atoms with Crippen LogP contribution in [0, 0.1) is 6.92 Å². The molecule has 0 saturated heterocycles. The predicted molar refractivity (Wildman–Crippen MR) is 89.8 cm³/mol. The van der Waals surface area contributed by atoms with Gasteiger partial charge in [0.2, 0.25) is 0 Å². The van der Waals surface area contributed by atoms with Crippen molar-refractivity contribution in [1.29, 1.82) is 0 Å². The van der Waals surface area contributed by atoms with Crippen LogP contribution in [0.3, 0.4) is 0 Å². The predicted octanol–water partition coefficient (Wildman–Crippen LogP) is 6.22. The average molecular weight is 358 g/mol. The summed E-state index contributed by atoms with van der Waals surface area (Å²) in [5, 5.41) is 2.46. The molecule has 0 aliphatic heterocycles. The minimum Gasteiger partial charge on any atom is -0.226 e. The van der Waals surface area contributed by atoms with Crippen LogP contribution in [0.15, 0.2) is 30.3 Å². The summed E-state index contributed by atoms with van der Waals surface area (Å²) in [5.41, 5.74) is 2.36. The Hall–Kier alpha value is -1.06. The summed E-state index contributed by atoms with van der Waals surface area (Å²) in [6, 6.07) is 8.91. The fraction of sp³-hybridized carbons (Fsp3) is 0.0667. The van der Waals surface area contributed by atoms with Gasteiger partial charge in [-0.05, 0) is 42.8 Å². The number of halogens is 4. The van der Waals surface area contributed by atoms with Gasteiger partial charge in [-0.2, -0.15) is 0 Å². The minimum atomic E-state index is 0.303. The molecule has 0 spiro atoms. The van der Waals surface area contributed by atoms with E-state index >= 15 is 0 Å². The number of nitrogens with zero attached hydrogens (tertiary/aromatic N) is 2. The van der Waals surface area contributed by atoms with Gasteiger partial charge >= 0.3 is 0 Å². The second-order valence-corrected chi connectivity index (χ2v) is 6.28. The average Bonchev–Trinajstić information content (AvgIpc) is 2.38. The third kappa shape index (κ3) is 2.95. The van der Waals surface area contributed by atoms with Crippen molar-refractivity contribution in [2.45, 2.75) is 6.92 Å². The summed E-state index contributed by atoms with van der Waals surface area (Å²) in [4.78, 5) is 8.80. The lowest BCUT2D eigenvalue weighted by atomic mass is 10.1. The Balaban J connectivity index is 2.30. The first-order valence-electron chi connectivity index (χ1n) is 6.04. The van der Waals surface area contributed by atoms with Gasteiger partial charge in [-0.3, -0.25) is 0 Å². The molecule has 3 rings (SSSR count). The summed E-state index contributed by atoms with van der Waals surface area (Å²) in [5.74, 6) is 0.474. The molecule has 106 valence electrons. The van der Waals surface area contributed by atoms with Gasteiger partial charge < -0.3 is 0 Å². The maximum absolute atomic E-state index is 6.23. The van der Waals surface area contributed by atoms with Crippen LogP contribution >= 0.6 is 46.4 Å². The maximum Gasteiger partial charge on any atom is 0.161 e. The highest BCUT2D eigenvalue weighted by Gasteiger charge is 2.12. The van der Waals surface area contributed by atoms with Crippen LogP contribution < -0.4 is 0 Å². The molecule has 1 heterocycles. The van der Waals surface area contributed by atoms with Crippen molar-refractivity contribution in [2.24, 2.45) is 0 Å². The molecule has 0 aliphatic carbocycles. The third-order valence-electron chi connectivity index (χ3n) is 2.97. The molecule has 0 fully saturated rings. The zero-order valence-corrected chi connectivity index (χ0v) is 13.8. The van der Waals surface area contributed by atoms with Crippen molar-refractivity contribution in [3.8, 4) is 11.4 Å². The molecule has 2 aromatic carbocycles. The molecule has 0 amide bonds. The first-order chi connectivity index (χ1) is 9.94. The molecule has 21 heavy (non-hydrogen) atoms. The van der Waals surface area contributed by atoms with Crippen molar-refractivity contribution < 1.29 is 0 Å². The lowest BCUT2D eigenvalue weighted by Gasteiger charge is -2.08. The van der Waals surface area contributed by atoms with E-state index < -0.39 is 0 Å². The molecule has 2 nitrogen and oxygen atoms in total. The van der Waals surface area contributed by atoms with Gasteiger partial charge in [0.1, 0.15) is 5.15 Å². The topological polar surface area (TPSA) is 25.8 Å². The second-order valence-electron chi connectivity index (χ2n) is 4.64. The monoisotopic (exact) mass is 356 g/mol. The Bertz CT molecular complexity index is 842. The number of rotatable bonds is 1. The lowest BCUT2D eigenvalue weighted by Crippen LogP contribution is -1.93. The molecule has 0 unspecified atom stereocenters. The number of benzene rings is 2. The van der Waals surface area contributed by atoms with Crippen LogP contribution in [0.2, 0.25) is 20.2 Å². The highest BCUT2D eigenvalue weighted by Crippen LogP contribution is 2.32. The number of aromatic nitrogens is 2. The highest BCUT2D eigenvalue weighted by atomic mass is 35.5. The molecular weight excluding hydrogens is 350 g/mol. The zero-order chi connectivity index (χ0) is 15.1. The smallest absolute Gasteiger partial charge is 0.161 e. The Morgan fingerprint density at radius 1 is 0.810 bits per heavy atom. The maximum atomic E-state index is 6.23. The normalized spacial score (nSPS) is 11.1. The fourth-order valence-corrected chi connectivity index (χ4v) is 3.16. The standard InChI is InChI=1S/C15H8Cl4N2/c1-7-2-8(4-9(16)3-7)15-20-13-11(14(19)21-15)5-10(17)6-12(13)18/h2-6H,1H3. The molecule has 6 heteroatoms. The number of hydrogen-bond acceptors (Lipinski definition) is 2. The molecule has 0 atom stereocenters. The van der Waals surface area contributed by atoms with Crippen LogP contribution in [0.5, 0.6) is 0 Å². The van der Waals surface area contributed by atoms with Crippen LogP contribution in [-0.2, 0) is 0 Å². The SMILES string of the molecule is Cc1cc(Cl)cc(-c2nc(Cl)c3cc(Cl)cc(Cl)c3n2)c1. The second kappa shape index (κ2) is 5.62. The fourth-order valence-electron chi connectivity index (χ4n) is 2.12. The van der Waals surface area contributed by atoms with Crippen molar-refractivity contribution in [1.82, 2.24) is 9.97 Å². The van der Waals surface area contributed by atoms with Crippen molar-refractivity contribution in [3.63, 3.8) is 0 Å². The number of hydrogen-bond donors (Lipinski definition) is 0. The molecule has 0 bridgehead atoms. The molecule has 0 N–H and O–H groups in total. The first kappa shape index (κ1) is 14.9. The van der Waals surface area contributed by atoms with Crippen molar-refractivity contribution >= 4 is 57.3 Å². The number of aryl methyl sites for hydroxylation is 1. The zero-order valence-electron chi connectivity index (χ0n) is 10.8. The van der Waals surface area contributed by atoms with Gasteiger partial charge in [-0.15, -0.1) is 0 Å². The van der Waals surface area contributed by atoms with E-state index in [0.717, 1.165) is 11.1 Å². The molecule has 0 saturated carbocycles. The Labute approximate surface area is 141 Å². The van der Waals surface area contributed by atoms with Crippen molar-refractivity contribution in [3.05, 3.63) is 56.1 Å². The van der Waals surface area contributed by atoms with E-state index in [4.69, 9.17) is 46.4 Å². The lowest BCUT2D eigenvalue weighted by molar-refractivity contribution is 1.22. The van der Waals surface area contributed by atoms with Crippen molar-refractivity contribution in [2.75, 3.05) is 0 Å². The van der Waals surface area contributed by atoms with E-state index in [9.17, 15) is 0 Å². The van der Waals surface area contributed by atoms with Crippen LogP contribution in [0.25, 0.3) is 22.3 Å². The van der Waals surface area contributed by atoms with Gasteiger partial charge in [0.15, 0.2) is 5.82 Å². The molecule has 3 aromatic rings. The van der Waals surface area contributed by atoms with E-state index in [2.05, 4.69) is 9.97 Å². The molecule has 0 radical (unpaired) electrons. The highest BCUT2D eigenvalue weighted by molar-refractivity contribution is 6.41. The molecular formula is C15H8Cl4N2. The van der Waals surface area contributed by atoms with Gasteiger partial charge in [-0.25, -0.2) is 9.97 Å².